The number of unbranched alkanes of at least 4 members (excludes halogenated alkanes) is 2. The second kappa shape index (κ2) is 8.22. The SMILES string of the molecule is CCCCCc1cccc(OC)c1C1=N[C@@H](C(=O)OC)CS1. The minimum Gasteiger partial charge on any atom is -0.496 e. The predicted octanol–water partition coefficient (Wildman–Crippen LogP) is 3.46. The van der Waals surface area contributed by atoms with Gasteiger partial charge in [0.1, 0.15) is 10.8 Å². The molecule has 4 nitrogen and oxygen atoms in total. The number of carbonyl (C=O) groups excluding carboxylic acids is 1. The van der Waals surface area contributed by atoms with E-state index in [4.69, 9.17) is 9.47 Å². The number of hydrogen-bond acceptors (Lipinski definition) is 5. The molecule has 1 aromatic carbocycles. The van der Waals surface area contributed by atoms with E-state index in [1.165, 1.54) is 25.5 Å². The monoisotopic (exact) mass is 321 g/mol. The van der Waals surface area contributed by atoms with Crippen molar-refractivity contribution in [1.29, 1.82) is 0 Å². The first-order valence-corrected chi connectivity index (χ1v) is 8.64. The van der Waals surface area contributed by atoms with Crippen LogP contribution in [0, 0.1) is 0 Å². The van der Waals surface area contributed by atoms with E-state index in [0.717, 1.165) is 29.2 Å². The molecule has 1 aromatic rings. The molecule has 1 aliphatic rings. The van der Waals surface area contributed by atoms with Crippen molar-refractivity contribution in [2.45, 2.75) is 38.6 Å². The first-order valence-electron chi connectivity index (χ1n) is 7.66. The smallest absolute Gasteiger partial charge is 0.331 e. The fourth-order valence-electron chi connectivity index (χ4n) is 2.53. The zero-order chi connectivity index (χ0) is 15.9. The van der Waals surface area contributed by atoms with Crippen molar-refractivity contribution in [3.8, 4) is 5.75 Å². The molecule has 22 heavy (non-hydrogen) atoms. The van der Waals surface area contributed by atoms with Crippen LogP contribution in [0.15, 0.2) is 23.2 Å². The van der Waals surface area contributed by atoms with Crippen molar-refractivity contribution in [3.05, 3.63) is 29.3 Å². The molecule has 5 heteroatoms. The molecular weight excluding hydrogens is 298 g/mol. The zero-order valence-corrected chi connectivity index (χ0v) is 14.2. The highest BCUT2D eigenvalue weighted by atomic mass is 32.2. The Kier molecular flexibility index (Phi) is 6.31. The van der Waals surface area contributed by atoms with Gasteiger partial charge >= 0.3 is 5.97 Å². The Morgan fingerprint density at radius 2 is 2.18 bits per heavy atom. The standard InChI is InChI=1S/C17H23NO3S/c1-4-5-6-8-12-9-7-10-14(20-2)15(12)16-18-13(11-22-16)17(19)21-3/h7,9-10,13H,4-6,8,11H2,1-3H3/t13-/m1/s1. The van der Waals surface area contributed by atoms with Gasteiger partial charge < -0.3 is 9.47 Å². The first-order chi connectivity index (χ1) is 10.7. The van der Waals surface area contributed by atoms with Crippen LogP contribution in [0.5, 0.6) is 5.75 Å². The zero-order valence-electron chi connectivity index (χ0n) is 13.4. The Hall–Kier alpha value is -1.49. The van der Waals surface area contributed by atoms with Crippen molar-refractivity contribution < 1.29 is 14.3 Å². The molecule has 0 radical (unpaired) electrons. The van der Waals surface area contributed by atoms with Gasteiger partial charge in [0.15, 0.2) is 6.04 Å². The largest absolute Gasteiger partial charge is 0.496 e. The lowest BCUT2D eigenvalue weighted by atomic mass is 10.0. The van der Waals surface area contributed by atoms with E-state index in [2.05, 4.69) is 18.0 Å². The van der Waals surface area contributed by atoms with E-state index < -0.39 is 6.04 Å². The molecule has 0 bridgehead atoms. The molecule has 0 aromatic heterocycles. The van der Waals surface area contributed by atoms with Gasteiger partial charge in [-0.1, -0.05) is 31.9 Å². The van der Waals surface area contributed by atoms with Crippen LogP contribution in [0.1, 0.15) is 37.3 Å². The molecule has 0 aliphatic carbocycles. The highest BCUT2D eigenvalue weighted by Gasteiger charge is 2.28. The Balaban J connectivity index is 2.30. The molecule has 1 atom stereocenters. The number of nitrogens with zero attached hydrogens (tertiary/aromatic N) is 1. The molecule has 0 spiro atoms. The molecule has 0 fully saturated rings. The molecule has 1 heterocycles. The van der Waals surface area contributed by atoms with Crippen molar-refractivity contribution in [3.63, 3.8) is 0 Å². The van der Waals surface area contributed by atoms with Crippen molar-refractivity contribution in [2.75, 3.05) is 20.0 Å². The second-order valence-corrected chi connectivity index (χ2v) is 6.24. The van der Waals surface area contributed by atoms with Gasteiger partial charge in [0, 0.05) is 5.75 Å². The van der Waals surface area contributed by atoms with Gasteiger partial charge in [0.2, 0.25) is 0 Å². The van der Waals surface area contributed by atoms with Crippen LogP contribution >= 0.6 is 11.8 Å². The van der Waals surface area contributed by atoms with Crippen LogP contribution < -0.4 is 4.74 Å². The maximum atomic E-state index is 11.7. The average Bonchev–Trinajstić information content (AvgIpc) is 3.03. The van der Waals surface area contributed by atoms with Gasteiger partial charge in [-0.25, -0.2) is 4.79 Å². The summed E-state index contributed by atoms with van der Waals surface area (Å²) in [5.41, 5.74) is 2.28. The van der Waals surface area contributed by atoms with Crippen molar-refractivity contribution >= 4 is 22.8 Å². The molecule has 120 valence electrons. The summed E-state index contributed by atoms with van der Waals surface area (Å²) in [6.45, 7) is 2.20. The summed E-state index contributed by atoms with van der Waals surface area (Å²) < 4.78 is 10.3. The summed E-state index contributed by atoms with van der Waals surface area (Å²) in [5, 5.41) is 0.888. The minimum absolute atomic E-state index is 0.273. The molecular formula is C17H23NO3S. The number of benzene rings is 1. The van der Waals surface area contributed by atoms with Crippen LogP contribution in [0.3, 0.4) is 0 Å². The van der Waals surface area contributed by atoms with E-state index in [0.29, 0.717) is 5.75 Å². The van der Waals surface area contributed by atoms with Crippen LogP contribution in [0.4, 0.5) is 0 Å². The summed E-state index contributed by atoms with van der Waals surface area (Å²) in [6, 6.07) is 5.69. The van der Waals surface area contributed by atoms with Gasteiger partial charge in [-0.05, 0) is 24.5 Å². The molecule has 0 N–H and O–H groups in total. The first kappa shape index (κ1) is 16.9. The van der Waals surface area contributed by atoms with E-state index in [-0.39, 0.29) is 5.97 Å². The molecule has 0 saturated carbocycles. The molecule has 0 unspecified atom stereocenters. The quantitative estimate of drug-likeness (QED) is 0.570. The van der Waals surface area contributed by atoms with Crippen molar-refractivity contribution in [2.24, 2.45) is 4.99 Å². The third-order valence-electron chi connectivity index (χ3n) is 3.72. The number of ether oxygens (including phenoxy) is 2. The predicted molar refractivity (Wildman–Crippen MR) is 91.0 cm³/mol. The number of esters is 1. The van der Waals surface area contributed by atoms with Crippen LogP contribution in [-0.4, -0.2) is 37.0 Å². The van der Waals surface area contributed by atoms with Crippen LogP contribution in [0.25, 0.3) is 0 Å². The van der Waals surface area contributed by atoms with Crippen molar-refractivity contribution in [1.82, 2.24) is 0 Å². The number of thioether (sulfide) groups is 1. The fraction of sp³-hybridized carbons (Fsp3) is 0.529. The third kappa shape index (κ3) is 3.83. The number of hydrogen-bond donors (Lipinski definition) is 0. The second-order valence-electron chi connectivity index (χ2n) is 5.24. The van der Waals surface area contributed by atoms with Gasteiger partial charge in [-0.3, -0.25) is 4.99 Å². The summed E-state index contributed by atoms with van der Waals surface area (Å²) in [5.74, 6) is 1.18. The Morgan fingerprint density at radius 1 is 1.36 bits per heavy atom. The maximum absolute atomic E-state index is 11.7. The number of aliphatic imine (C=N–C) groups is 1. The molecule has 0 amide bonds. The van der Waals surface area contributed by atoms with Gasteiger partial charge in [-0.2, -0.15) is 0 Å². The van der Waals surface area contributed by atoms with Gasteiger partial charge in [0.05, 0.1) is 19.8 Å². The van der Waals surface area contributed by atoms with E-state index in [1.807, 2.05) is 12.1 Å². The Labute approximate surface area is 136 Å². The summed E-state index contributed by atoms with van der Waals surface area (Å²) in [6.07, 6.45) is 4.55. The lowest BCUT2D eigenvalue weighted by Gasteiger charge is -2.13. The highest BCUT2D eigenvalue weighted by molar-refractivity contribution is 8.14. The molecule has 0 saturated heterocycles. The maximum Gasteiger partial charge on any atom is 0.331 e. The molecule has 1 aliphatic heterocycles. The topological polar surface area (TPSA) is 47.9 Å². The van der Waals surface area contributed by atoms with E-state index in [1.54, 1.807) is 18.9 Å². The average molecular weight is 321 g/mol. The third-order valence-corrected chi connectivity index (χ3v) is 4.79. The number of carbonyl (C=O) groups is 1. The van der Waals surface area contributed by atoms with E-state index in [9.17, 15) is 4.79 Å². The van der Waals surface area contributed by atoms with E-state index >= 15 is 0 Å². The normalized spacial score (nSPS) is 17.2. The summed E-state index contributed by atoms with van der Waals surface area (Å²) >= 11 is 1.60. The summed E-state index contributed by atoms with van der Waals surface area (Å²) in [4.78, 5) is 16.2. The number of methoxy groups -OCH3 is 2. The lowest BCUT2D eigenvalue weighted by Crippen LogP contribution is -2.19. The summed E-state index contributed by atoms with van der Waals surface area (Å²) in [7, 11) is 3.08. The molecule has 2 rings (SSSR count). The minimum atomic E-state index is -0.404. The number of aryl methyl sites for hydroxylation is 1. The lowest BCUT2D eigenvalue weighted by molar-refractivity contribution is -0.141. The Bertz CT molecular complexity index is 557. The van der Waals surface area contributed by atoms with Gasteiger partial charge in [0.25, 0.3) is 0 Å². The van der Waals surface area contributed by atoms with Gasteiger partial charge in [-0.15, -0.1) is 11.8 Å². The fourth-order valence-corrected chi connectivity index (χ4v) is 3.63. The Morgan fingerprint density at radius 3 is 2.86 bits per heavy atom. The number of rotatable bonds is 7. The van der Waals surface area contributed by atoms with Crippen LogP contribution in [-0.2, 0) is 16.0 Å². The highest BCUT2D eigenvalue weighted by Crippen LogP contribution is 2.32. The van der Waals surface area contributed by atoms with Crippen LogP contribution in [0.2, 0.25) is 0 Å².